The Morgan fingerprint density at radius 1 is 1.18 bits per heavy atom. The van der Waals surface area contributed by atoms with Crippen LogP contribution in [0, 0.1) is 11.8 Å². The average Bonchev–Trinajstić information content (AvgIpc) is 3.39. The molecule has 0 aliphatic carbocycles. The number of amides is 3. The number of thioether (sulfide) groups is 1. The molecule has 3 aliphatic rings. The Kier molecular flexibility index (Phi) is 9.31. The minimum Gasteiger partial charge on any atom is -0.395 e. The Balaban J connectivity index is 2.03. The van der Waals surface area contributed by atoms with Crippen LogP contribution in [0.4, 0.5) is 0 Å². The number of β-amino-alcohol motifs (C(OH)–C–C–N with tert-alkyl or cyclic N) is 1. The molecule has 3 heterocycles. The van der Waals surface area contributed by atoms with Crippen LogP contribution in [-0.2, 0) is 14.4 Å². The van der Waals surface area contributed by atoms with Crippen molar-refractivity contribution in [2.75, 3.05) is 39.3 Å². The van der Waals surface area contributed by atoms with Crippen LogP contribution in [0.3, 0.4) is 0 Å². The molecule has 0 radical (unpaired) electrons. The number of likely N-dealkylation sites (tertiary alicyclic amines) is 1. The lowest BCUT2D eigenvalue weighted by Gasteiger charge is -2.38. The minimum absolute atomic E-state index is 0.0328. The van der Waals surface area contributed by atoms with Gasteiger partial charge in [0.25, 0.3) is 0 Å². The number of nitrogens with zero attached hydrogens (tertiary/aromatic N) is 3. The van der Waals surface area contributed by atoms with Crippen molar-refractivity contribution >= 4 is 45.4 Å². The summed E-state index contributed by atoms with van der Waals surface area (Å²) in [4.78, 5) is 46.8. The van der Waals surface area contributed by atoms with E-state index in [0.717, 1.165) is 19.3 Å². The van der Waals surface area contributed by atoms with Crippen LogP contribution < -0.4 is 0 Å². The first-order valence-corrected chi connectivity index (χ1v) is 14.1. The van der Waals surface area contributed by atoms with E-state index in [1.165, 1.54) is 0 Å². The van der Waals surface area contributed by atoms with Gasteiger partial charge in [-0.05, 0) is 19.3 Å². The third kappa shape index (κ3) is 4.60. The van der Waals surface area contributed by atoms with Crippen molar-refractivity contribution in [2.24, 2.45) is 11.8 Å². The van der Waals surface area contributed by atoms with Crippen LogP contribution in [0.2, 0.25) is 0 Å². The van der Waals surface area contributed by atoms with E-state index in [4.69, 9.17) is 0 Å². The van der Waals surface area contributed by atoms with Gasteiger partial charge in [0.15, 0.2) is 0 Å². The summed E-state index contributed by atoms with van der Waals surface area (Å²) in [5.41, 5.74) is 0. The predicted molar refractivity (Wildman–Crippen MR) is 140 cm³/mol. The zero-order valence-corrected chi connectivity index (χ0v) is 22.7. The fourth-order valence-corrected chi connectivity index (χ4v) is 9.54. The van der Waals surface area contributed by atoms with Crippen LogP contribution in [0.5, 0.6) is 0 Å². The molecule has 0 aromatic rings. The summed E-state index contributed by atoms with van der Waals surface area (Å²) in [6.45, 7) is 13.6. The molecule has 1 spiro atoms. The summed E-state index contributed by atoms with van der Waals surface area (Å²) in [6, 6.07) is -0.694. The number of alkyl halides is 1. The van der Waals surface area contributed by atoms with Crippen LogP contribution in [0.15, 0.2) is 25.3 Å². The maximum absolute atomic E-state index is 14.0. The number of unbranched alkanes of at least 4 members (excludes halogenated alkanes) is 1. The number of carbonyl (C=O) groups excluding carboxylic acids is 3. The van der Waals surface area contributed by atoms with Gasteiger partial charge in [0, 0.05) is 42.8 Å². The summed E-state index contributed by atoms with van der Waals surface area (Å²) in [7, 11) is 0. The quantitative estimate of drug-likeness (QED) is 0.279. The topological polar surface area (TPSA) is 81.2 Å². The van der Waals surface area contributed by atoms with Gasteiger partial charge in [-0.1, -0.05) is 48.4 Å². The highest BCUT2D eigenvalue weighted by atomic mass is 79.9. The summed E-state index contributed by atoms with van der Waals surface area (Å²) in [5.74, 6) is -1.37. The second kappa shape index (κ2) is 11.6. The largest absolute Gasteiger partial charge is 0.395 e. The smallest absolute Gasteiger partial charge is 0.247 e. The predicted octanol–water partition coefficient (Wildman–Crippen LogP) is 2.68. The van der Waals surface area contributed by atoms with Gasteiger partial charge in [0.2, 0.25) is 17.7 Å². The van der Waals surface area contributed by atoms with Gasteiger partial charge in [-0.15, -0.1) is 24.9 Å². The molecule has 3 fully saturated rings. The molecule has 7 nitrogen and oxygen atoms in total. The lowest BCUT2D eigenvalue weighted by Crippen LogP contribution is -2.56. The van der Waals surface area contributed by atoms with Crippen LogP contribution >= 0.6 is 27.7 Å². The van der Waals surface area contributed by atoms with Crippen LogP contribution in [0.25, 0.3) is 0 Å². The number of carbonyl (C=O) groups is 3. The number of hydrogen-bond donors (Lipinski definition) is 1. The van der Waals surface area contributed by atoms with E-state index in [9.17, 15) is 19.5 Å². The lowest BCUT2D eigenvalue weighted by atomic mass is 9.70. The highest BCUT2D eigenvalue weighted by Gasteiger charge is 2.75. The van der Waals surface area contributed by atoms with Crippen molar-refractivity contribution in [2.45, 2.75) is 60.4 Å². The lowest BCUT2D eigenvalue weighted by molar-refractivity contribution is -0.145. The molecule has 190 valence electrons. The molecular formula is C25H38BrN3O4S. The number of halogens is 1. The number of hydrogen-bond acceptors (Lipinski definition) is 5. The Labute approximate surface area is 216 Å². The van der Waals surface area contributed by atoms with E-state index in [0.29, 0.717) is 32.6 Å². The molecule has 3 rings (SSSR count). The third-order valence-corrected chi connectivity index (χ3v) is 10.5. The average molecular weight is 557 g/mol. The van der Waals surface area contributed by atoms with Crippen LogP contribution in [0.1, 0.15) is 39.5 Å². The third-order valence-electron chi connectivity index (χ3n) is 7.25. The van der Waals surface area contributed by atoms with E-state index < -0.39 is 22.6 Å². The molecule has 1 N–H and O–H groups in total. The molecule has 0 saturated carbocycles. The second-order valence-electron chi connectivity index (χ2n) is 9.42. The van der Waals surface area contributed by atoms with Crippen molar-refractivity contribution in [3.63, 3.8) is 0 Å². The number of aliphatic hydroxyl groups excluding tert-OH is 1. The Hall–Kier alpha value is -1.32. The van der Waals surface area contributed by atoms with Crippen molar-refractivity contribution in [1.29, 1.82) is 0 Å². The van der Waals surface area contributed by atoms with Gasteiger partial charge in [-0.3, -0.25) is 14.4 Å². The molecule has 3 saturated heterocycles. The summed E-state index contributed by atoms with van der Waals surface area (Å²) >= 11 is 5.43. The van der Waals surface area contributed by atoms with Gasteiger partial charge in [0.1, 0.15) is 6.04 Å². The summed E-state index contributed by atoms with van der Waals surface area (Å²) in [5, 5.41) is 9.71. The van der Waals surface area contributed by atoms with Crippen molar-refractivity contribution in [3.8, 4) is 0 Å². The van der Waals surface area contributed by atoms with Gasteiger partial charge in [0.05, 0.1) is 23.2 Å². The molecule has 3 aliphatic heterocycles. The first-order chi connectivity index (χ1) is 16.3. The monoisotopic (exact) mass is 555 g/mol. The molecule has 9 heteroatoms. The SMILES string of the molecule is C=CCN(CCCC)C(=O)C1N(CCO)C(=O)[C@@H]2[C@@H](C(=O)N(CC=C)CCC)[C@@H]3SC12CC3Br. The fraction of sp³-hybridized carbons (Fsp3) is 0.720. The van der Waals surface area contributed by atoms with E-state index in [2.05, 4.69) is 36.0 Å². The van der Waals surface area contributed by atoms with E-state index in [-0.39, 0.29) is 41.0 Å². The Morgan fingerprint density at radius 3 is 2.38 bits per heavy atom. The van der Waals surface area contributed by atoms with Crippen LogP contribution in [-0.4, -0.2) is 97.7 Å². The minimum atomic E-state index is -0.694. The normalized spacial score (nSPS) is 31.5. The second-order valence-corrected chi connectivity index (χ2v) is 12.1. The molecule has 2 bridgehead atoms. The number of rotatable bonds is 13. The van der Waals surface area contributed by atoms with Crippen molar-refractivity contribution in [1.82, 2.24) is 14.7 Å². The Bertz CT molecular complexity index is 811. The highest BCUT2D eigenvalue weighted by molar-refractivity contribution is 9.09. The maximum atomic E-state index is 14.0. The molecule has 0 aromatic carbocycles. The first-order valence-electron chi connectivity index (χ1n) is 12.3. The molecule has 3 amide bonds. The van der Waals surface area contributed by atoms with Gasteiger partial charge < -0.3 is 19.8 Å². The zero-order valence-electron chi connectivity index (χ0n) is 20.3. The van der Waals surface area contributed by atoms with E-state index in [1.807, 2.05) is 6.92 Å². The summed E-state index contributed by atoms with van der Waals surface area (Å²) < 4.78 is -0.680. The standard InChI is InChI=1S/C25H38BrN3O4S/c1-5-9-13-28(12-8-4)24(33)21-25-16-17(26)20(34-25)18(19(25)23(32)29(21)14-15-30)22(31)27(10-6-2)11-7-3/h6,8,17-21,30H,2,4-5,7,9-16H2,1,3H3/t17?,18-,19+,20-,21?,25?/m1/s1. The Morgan fingerprint density at radius 2 is 1.82 bits per heavy atom. The van der Waals surface area contributed by atoms with Gasteiger partial charge in [-0.2, -0.15) is 0 Å². The van der Waals surface area contributed by atoms with E-state index in [1.54, 1.807) is 38.6 Å². The first kappa shape index (κ1) is 27.3. The zero-order chi connectivity index (χ0) is 25.0. The van der Waals surface area contributed by atoms with Crippen molar-refractivity contribution in [3.05, 3.63) is 25.3 Å². The summed E-state index contributed by atoms with van der Waals surface area (Å²) in [6.07, 6.45) is 6.71. The van der Waals surface area contributed by atoms with Gasteiger partial charge in [-0.25, -0.2) is 0 Å². The number of fused-ring (bicyclic) bond motifs is 1. The molecule has 6 atom stereocenters. The fourth-order valence-electron chi connectivity index (χ4n) is 5.94. The highest BCUT2D eigenvalue weighted by Crippen LogP contribution is 2.68. The van der Waals surface area contributed by atoms with Gasteiger partial charge >= 0.3 is 0 Å². The molecule has 34 heavy (non-hydrogen) atoms. The van der Waals surface area contributed by atoms with Crippen molar-refractivity contribution < 1.29 is 19.5 Å². The number of aliphatic hydroxyl groups is 1. The molecular weight excluding hydrogens is 518 g/mol. The molecule has 3 unspecified atom stereocenters. The van der Waals surface area contributed by atoms with E-state index >= 15 is 0 Å². The maximum Gasteiger partial charge on any atom is 0.247 e. The molecule has 0 aromatic heterocycles.